The van der Waals surface area contributed by atoms with Crippen molar-refractivity contribution in [3.8, 4) is 11.2 Å². The predicted molar refractivity (Wildman–Crippen MR) is 53.1 cm³/mol. The number of hydrogen-bond donors (Lipinski definition) is 0. The largest absolute Gasteiger partial charge is 0.417 e. The van der Waals surface area contributed by atoms with Crippen LogP contribution in [-0.4, -0.2) is 14.7 Å². The Morgan fingerprint density at radius 2 is 1.82 bits per heavy atom. The summed E-state index contributed by atoms with van der Waals surface area (Å²) in [6.45, 7) is 0. The molecule has 0 aliphatic carbocycles. The summed E-state index contributed by atoms with van der Waals surface area (Å²) in [5.74, 6) is 0.483. The van der Waals surface area contributed by atoms with E-state index in [0.29, 0.717) is 12.3 Å². The highest BCUT2D eigenvalue weighted by atomic mass is 32.2. The molecule has 17 heavy (non-hydrogen) atoms. The Morgan fingerprint density at radius 3 is 2.29 bits per heavy atom. The molecule has 0 saturated carbocycles. The number of sulfone groups is 1. The first-order valence-corrected chi connectivity index (χ1v) is 6.09. The molecule has 1 aromatic rings. The van der Waals surface area contributed by atoms with E-state index >= 15 is 0 Å². The van der Waals surface area contributed by atoms with E-state index in [2.05, 4.69) is 0 Å². The lowest BCUT2D eigenvalue weighted by Gasteiger charge is -2.08. The molecule has 1 aromatic carbocycles. The van der Waals surface area contributed by atoms with Crippen LogP contribution >= 0.6 is 0 Å². The van der Waals surface area contributed by atoms with Gasteiger partial charge in [-0.1, -0.05) is 6.07 Å². The molecule has 1 rings (SSSR count). The molecular weight excluding hydrogens is 260 g/mol. The van der Waals surface area contributed by atoms with Gasteiger partial charge in [0, 0.05) is 5.25 Å². The standard InChI is InChI=1S/C10H6F4O2S/c1-17(15,16)6-5-7-8(10(12,13)14)3-2-4-9(7)11/h2-4H,1H3. The van der Waals surface area contributed by atoms with Crippen molar-refractivity contribution in [1.82, 2.24) is 0 Å². The molecule has 0 bridgehead atoms. The van der Waals surface area contributed by atoms with Crippen LogP contribution in [-0.2, 0) is 16.0 Å². The van der Waals surface area contributed by atoms with Crippen molar-refractivity contribution in [1.29, 1.82) is 0 Å². The first kappa shape index (κ1) is 13.5. The number of rotatable bonds is 0. The van der Waals surface area contributed by atoms with Gasteiger partial charge in [0.2, 0.25) is 9.84 Å². The molecule has 0 amide bonds. The van der Waals surface area contributed by atoms with Crippen LogP contribution in [0.5, 0.6) is 0 Å². The molecule has 0 radical (unpaired) electrons. The normalized spacial score (nSPS) is 11.8. The van der Waals surface area contributed by atoms with Crippen LogP contribution in [0.2, 0.25) is 0 Å². The maximum absolute atomic E-state index is 13.2. The molecule has 0 aliphatic rings. The van der Waals surface area contributed by atoms with Gasteiger partial charge in [-0.3, -0.25) is 0 Å². The minimum absolute atomic E-state index is 0.634. The van der Waals surface area contributed by atoms with Crippen molar-refractivity contribution < 1.29 is 26.0 Å². The van der Waals surface area contributed by atoms with Crippen molar-refractivity contribution in [2.45, 2.75) is 6.18 Å². The van der Waals surface area contributed by atoms with E-state index in [1.54, 1.807) is 11.2 Å². The molecule has 0 saturated heterocycles. The molecule has 0 N–H and O–H groups in total. The summed E-state index contributed by atoms with van der Waals surface area (Å²) in [5.41, 5.74) is -2.26. The Hall–Kier alpha value is -1.55. The quantitative estimate of drug-likeness (QED) is 0.533. The fourth-order valence-corrected chi connectivity index (χ4v) is 1.32. The molecular formula is C10H6F4O2S. The zero-order valence-corrected chi connectivity index (χ0v) is 9.29. The Bertz CT molecular complexity index is 591. The second-order valence-corrected chi connectivity index (χ2v) is 4.91. The van der Waals surface area contributed by atoms with Crippen LogP contribution < -0.4 is 0 Å². The maximum atomic E-state index is 13.2. The average Bonchev–Trinajstić information content (AvgIpc) is 2.12. The van der Waals surface area contributed by atoms with E-state index in [-0.39, 0.29) is 0 Å². The number of hydrogen-bond acceptors (Lipinski definition) is 2. The van der Waals surface area contributed by atoms with Gasteiger partial charge >= 0.3 is 6.18 Å². The van der Waals surface area contributed by atoms with E-state index < -0.39 is 33.0 Å². The van der Waals surface area contributed by atoms with Gasteiger partial charge in [0.1, 0.15) is 5.82 Å². The number of benzene rings is 1. The topological polar surface area (TPSA) is 34.1 Å². The lowest BCUT2D eigenvalue weighted by atomic mass is 10.1. The number of alkyl halides is 3. The SMILES string of the molecule is CS(=O)(=O)C#Cc1c(F)cccc1C(F)(F)F. The summed E-state index contributed by atoms with van der Waals surface area (Å²) in [6, 6.07) is 2.29. The Labute approximate surface area is 95.2 Å². The lowest BCUT2D eigenvalue weighted by Crippen LogP contribution is -2.09. The lowest BCUT2D eigenvalue weighted by molar-refractivity contribution is -0.138. The van der Waals surface area contributed by atoms with E-state index in [0.717, 1.165) is 12.1 Å². The fraction of sp³-hybridized carbons (Fsp3) is 0.200. The van der Waals surface area contributed by atoms with Gasteiger partial charge in [0.15, 0.2) is 0 Å². The summed E-state index contributed by atoms with van der Waals surface area (Å²) >= 11 is 0. The monoisotopic (exact) mass is 266 g/mol. The second kappa shape index (κ2) is 4.37. The summed E-state index contributed by atoms with van der Waals surface area (Å²) in [6.07, 6.45) is -4.07. The zero-order valence-electron chi connectivity index (χ0n) is 8.47. The van der Waals surface area contributed by atoms with Gasteiger partial charge in [-0.2, -0.15) is 13.2 Å². The minimum Gasteiger partial charge on any atom is -0.216 e. The Kier molecular flexibility index (Phi) is 3.48. The van der Waals surface area contributed by atoms with Gasteiger partial charge in [-0.15, -0.1) is 0 Å². The summed E-state index contributed by atoms with van der Waals surface area (Å²) < 4.78 is 72.0. The molecule has 0 aromatic heterocycles. The molecule has 0 aliphatic heterocycles. The maximum Gasteiger partial charge on any atom is 0.417 e. The van der Waals surface area contributed by atoms with Crippen LogP contribution in [0.4, 0.5) is 17.6 Å². The van der Waals surface area contributed by atoms with Gasteiger partial charge in [0.25, 0.3) is 0 Å². The minimum atomic E-state index is -4.79. The predicted octanol–water partition coefficient (Wildman–Crippen LogP) is 2.20. The summed E-state index contributed by atoms with van der Waals surface area (Å²) in [5, 5.41) is 1.57. The molecule has 0 fully saturated rings. The Balaban J connectivity index is 3.46. The molecule has 92 valence electrons. The fourth-order valence-electron chi connectivity index (χ4n) is 1.03. The van der Waals surface area contributed by atoms with Crippen LogP contribution in [0.15, 0.2) is 18.2 Å². The van der Waals surface area contributed by atoms with Crippen molar-refractivity contribution in [3.05, 3.63) is 35.1 Å². The van der Waals surface area contributed by atoms with Crippen LogP contribution in [0, 0.1) is 17.0 Å². The number of halogens is 4. The highest BCUT2D eigenvalue weighted by molar-refractivity contribution is 7.95. The van der Waals surface area contributed by atoms with E-state index in [9.17, 15) is 26.0 Å². The van der Waals surface area contributed by atoms with Crippen molar-refractivity contribution in [2.24, 2.45) is 0 Å². The van der Waals surface area contributed by atoms with Gasteiger partial charge in [-0.05, 0) is 18.1 Å². The third-order valence-corrected chi connectivity index (χ3v) is 2.15. The van der Waals surface area contributed by atoms with Gasteiger partial charge in [0.05, 0.1) is 17.4 Å². The van der Waals surface area contributed by atoms with Crippen molar-refractivity contribution >= 4 is 9.84 Å². The molecule has 7 heteroatoms. The highest BCUT2D eigenvalue weighted by Gasteiger charge is 2.34. The van der Waals surface area contributed by atoms with Crippen molar-refractivity contribution in [2.75, 3.05) is 6.26 Å². The van der Waals surface area contributed by atoms with Crippen LogP contribution in [0.3, 0.4) is 0 Å². The molecule has 0 spiro atoms. The van der Waals surface area contributed by atoms with Crippen LogP contribution in [0.25, 0.3) is 0 Å². The summed E-state index contributed by atoms with van der Waals surface area (Å²) in [4.78, 5) is 0. The van der Waals surface area contributed by atoms with E-state index in [4.69, 9.17) is 0 Å². The summed E-state index contributed by atoms with van der Waals surface area (Å²) in [7, 11) is -3.80. The second-order valence-electron chi connectivity index (χ2n) is 3.16. The smallest absolute Gasteiger partial charge is 0.216 e. The third-order valence-electron chi connectivity index (χ3n) is 1.68. The van der Waals surface area contributed by atoms with E-state index in [1.807, 2.05) is 0 Å². The first-order valence-electron chi connectivity index (χ1n) is 4.20. The molecule has 0 heterocycles. The molecule has 0 atom stereocenters. The van der Waals surface area contributed by atoms with Crippen LogP contribution in [0.1, 0.15) is 11.1 Å². The van der Waals surface area contributed by atoms with Crippen molar-refractivity contribution in [3.63, 3.8) is 0 Å². The molecule has 2 nitrogen and oxygen atoms in total. The average molecular weight is 266 g/mol. The highest BCUT2D eigenvalue weighted by Crippen LogP contribution is 2.32. The van der Waals surface area contributed by atoms with E-state index in [1.165, 1.54) is 0 Å². The third kappa shape index (κ3) is 3.75. The van der Waals surface area contributed by atoms with Gasteiger partial charge in [-0.25, -0.2) is 12.8 Å². The first-order chi connectivity index (χ1) is 7.61. The Morgan fingerprint density at radius 1 is 1.24 bits per heavy atom. The van der Waals surface area contributed by atoms with Gasteiger partial charge < -0.3 is 0 Å². The zero-order chi connectivity index (χ0) is 13.3. The molecule has 0 unspecified atom stereocenters.